The Balaban J connectivity index is 1.88. The summed E-state index contributed by atoms with van der Waals surface area (Å²) < 4.78 is 15.3. The summed E-state index contributed by atoms with van der Waals surface area (Å²) >= 11 is 0. The molecule has 0 bridgehead atoms. The number of carbonyl (C=O) groups excluding carboxylic acids is 3. The molecule has 0 saturated carbocycles. The first-order valence-electron chi connectivity index (χ1n) is 8.65. The van der Waals surface area contributed by atoms with E-state index in [0.717, 1.165) is 0 Å². The normalized spacial score (nSPS) is 10.3. The summed E-state index contributed by atoms with van der Waals surface area (Å²) in [7, 11) is 3.06. The smallest absolute Gasteiger partial charge is 0.331 e. The molecule has 2 aromatic carbocycles. The van der Waals surface area contributed by atoms with Gasteiger partial charge < -0.3 is 24.8 Å². The fourth-order valence-corrected chi connectivity index (χ4v) is 2.35. The molecule has 2 amide bonds. The molecule has 8 nitrogen and oxygen atoms in total. The highest BCUT2D eigenvalue weighted by atomic mass is 16.5. The molecule has 0 fully saturated rings. The number of nitrogens with one attached hydrogen (secondary N) is 2. The van der Waals surface area contributed by atoms with Gasteiger partial charge in [0.25, 0.3) is 5.91 Å². The zero-order chi connectivity index (χ0) is 21.2. The van der Waals surface area contributed by atoms with E-state index in [0.29, 0.717) is 28.4 Å². The lowest BCUT2D eigenvalue weighted by atomic mass is 10.2. The van der Waals surface area contributed by atoms with Gasteiger partial charge in [-0.1, -0.05) is 6.07 Å². The molecule has 2 rings (SSSR count). The number of hydrogen-bond acceptors (Lipinski definition) is 6. The number of esters is 1. The number of benzene rings is 2. The fourth-order valence-electron chi connectivity index (χ4n) is 2.35. The maximum Gasteiger partial charge on any atom is 0.331 e. The molecule has 0 aliphatic rings. The third kappa shape index (κ3) is 7.37. The van der Waals surface area contributed by atoms with Crippen LogP contribution in [0.15, 0.2) is 48.5 Å². The van der Waals surface area contributed by atoms with Gasteiger partial charge in [0.1, 0.15) is 11.5 Å². The Morgan fingerprint density at radius 3 is 2.14 bits per heavy atom. The maximum atomic E-state index is 12.0. The largest absolute Gasteiger partial charge is 0.497 e. The highest BCUT2D eigenvalue weighted by Gasteiger charge is 2.07. The zero-order valence-electron chi connectivity index (χ0n) is 16.4. The minimum absolute atomic E-state index is 0.220. The van der Waals surface area contributed by atoms with Crippen molar-refractivity contribution < 1.29 is 28.6 Å². The van der Waals surface area contributed by atoms with Crippen molar-refractivity contribution in [2.45, 2.75) is 6.92 Å². The monoisotopic (exact) mass is 398 g/mol. The van der Waals surface area contributed by atoms with Gasteiger partial charge in [0, 0.05) is 30.4 Å². The summed E-state index contributed by atoms with van der Waals surface area (Å²) in [5, 5.41) is 5.20. The summed E-state index contributed by atoms with van der Waals surface area (Å²) in [4.78, 5) is 34.9. The first-order chi connectivity index (χ1) is 13.9. The van der Waals surface area contributed by atoms with Gasteiger partial charge in [-0.2, -0.15) is 0 Å². The Morgan fingerprint density at radius 2 is 1.55 bits per heavy atom. The Kier molecular flexibility index (Phi) is 7.78. The summed E-state index contributed by atoms with van der Waals surface area (Å²) in [5.41, 5.74) is 1.69. The van der Waals surface area contributed by atoms with Crippen LogP contribution in [0.5, 0.6) is 11.5 Å². The van der Waals surface area contributed by atoms with Gasteiger partial charge in [0.2, 0.25) is 5.91 Å². The van der Waals surface area contributed by atoms with E-state index in [1.54, 1.807) is 42.5 Å². The number of methoxy groups -OCH3 is 2. The van der Waals surface area contributed by atoms with Crippen LogP contribution < -0.4 is 20.1 Å². The molecule has 0 atom stereocenters. The van der Waals surface area contributed by atoms with Crippen molar-refractivity contribution in [3.05, 3.63) is 54.1 Å². The molecule has 0 aliphatic carbocycles. The van der Waals surface area contributed by atoms with E-state index in [1.165, 1.54) is 33.3 Å². The van der Waals surface area contributed by atoms with Gasteiger partial charge in [-0.25, -0.2) is 4.79 Å². The molecular weight excluding hydrogens is 376 g/mol. The van der Waals surface area contributed by atoms with Crippen molar-refractivity contribution in [2.24, 2.45) is 0 Å². The second kappa shape index (κ2) is 10.5. The maximum absolute atomic E-state index is 12.0. The molecule has 29 heavy (non-hydrogen) atoms. The topological polar surface area (TPSA) is 103 Å². The number of carbonyl (C=O) groups is 3. The van der Waals surface area contributed by atoms with Crippen LogP contribution in [-0.2, 0) is 19.1 Å². The molecule has 0 aromatic heterocycles. The van der Waals surface area contributed by atoms with E-state index in [4.69, 9.17) is 14.2 Å². The molecule has 0 heterocycles. The van der Waals surface area contributed by atoms with E-state index in [2.05, 4.69) is 10.6 Å². The zero-order valence-corrected chi connectivity index (χ0v) is 16.4. The lowest BCUT2D eigenvalue weighted by Gasteiger charge is -2.08. The molecule has 0 unspecified atom stereocenters. The second-order valence-electron chi connectivity index (χ2n) is 5.90. The van der Waals surface area contributed by atoms with Crippen molar-refractivity contribution in [1.82, 2.24) is 0 Å². The first-order valence-corrected chi connectivity index (χ1v) is 8.65. The Hall–Kier alpha value is -3.81. The summed E-state index contributed by atoms with van der Waals surface area (Å²) in [6, 6.07) is 11.8. The summed E-state index contributed by atoms with van der Waals surface area (Å²) in [6.07, 6.45) is 2.74. The van der Waals surface area contributed by atoms with Crippen LogP contribution in [0.2, 0.25) is 0 Å². The molecule has 0 saturated heterocycles. The molecule has 0 radical (unpaired) electrons. The highest BCUT2D eigenvalue weighted by Crippen LogP contribution is 2.23. The predicted molar refractivity (Wildman–Crippen MR) is 109 cm³/mol. The molecule has 8 heteroatoms. The number of anilines is 2. The van der Waals surface area contributed by atoms with E-state index in [9.17, 15) is 14.4 Å². The van der Waals surface area contributed by atoms with Crippen LogP contribution in [0.1, 0.15) is 12.5 Å². The predicted octanol–water partition coefficient (Wildman–Crippen LogP) is 2.86. The average molecular weight is 398 g/mol. The highest BCUT2D eigenvalue weighted by molar-refractivity contribution is 5.95. The van der Waals surface area contributed by atoms with Gasteiger partial charge in [-0.05, 0) is 42.0 Å². The van der Waals surface area contributed by atoms with Gasteiger partial charge in [-0.15, -0.1) is 0 Å². The third-order valence-electron chi connectivity index (χ3n) is 3.60. The summed E-state index contributed by atoms with van der Waals surface area (Å²) in [6.45, 7) is 0.939. The number of rotatable bonds is 8. The van der Waals surface area contributed by atoms with Crippen molar-refractivity contribution in [1.29, 1.82) is 0 Å². The van der Waals surface area contributed by atoms with Crippen LogP contribution in [0.25, 0.3) is 6.08 Å². The Labute approximate surface area is 168 Å². The van der Waals surface area contributed by atoms with Crippen LogP contribution >= 0.6 is 0 Å². The third-order valence-corrected chi connectivity index (χ3v) is 3.60. The van der Waals surface area contributed by atoms with Crippen LogP contribution in [-0.4, -0.2) is 38.6 Å². The summed E-state index contributed by atoms with van der Waals surface area (Å²) in [5.74, 6) is -0.233. The van der Waals surface area contributed by atoms with Gasteiger partial charge in [0.15, 0.2) is 6.61 Å². The van der Waals surface area contributed by atoms with Crippen LogP contribution in [0, 0.1) is 0 Å². The Morgan fingerprint density at radius 1 is 0.931 bits per heavy atom. The second-order valence-corrected chi connectivity index (χ2v) is 5.90. The number of amides is 2. The average Bonchev–Trinajstić information content (AvgIpc) is 2.70. The molecule has 0 aliphatic heterocycles. The molecule has 0 spiro atoms. The Bertz CT molecular complexity index is 901. The van der Waals surface area contributed by atoms with Crippen LogP contribution in [0.4, 0.5) is 11.4 Å². The van der Waals surface area contributed by atoms with E-state index in [1.807, 2.05) is 0 Å². The van der Waals surface area contributed by atoms with Crippen molar-refractivity contribution >= 4 is 35.2 Å². The lowest BCUT2D eigenvalue weighted by Crippen LogP contribution is -2.20. The van der Waals surface area contributed by atoms with Crippen molar-refractivity contribution in [3.63, 3.8) is 0 Å². The first kappa shape index (κ1) is 21.5. The van der Waals surface area contributed by atoms with Crippen LogP contribution in [0.3, 0.4) is 0 Å². The number of ether oxygens (including phenoxy) is 3. The fraction of sp³-hybridized carbons (Fsp3) is 0.190. The van der Waals surface area contributed by atoms with E-state index in [-0.39, 0.29) is 5.91 Å². The van der Waals surface area contributed by atoms with Gasteiger partial charge >= 0.3 is 5.97 Å². The minimum atomic E-state index is -0.672. The lowest BCUT2D eigenvalue weighted by molar-refractivity contribution is -0.142. The van der Waals surface area contributed by atoms with E-state index >= 15 is 0 Å². The standard InChI is InChI=1S/C21H22N2O6/c1-14(24)22-16-5-4-6-17(11-16)23-20(25)13-29-21(26)8-7-15-9-18(27-2)12-19(10-15)28-3/h4-12H,13H2,1-3H3,(H,22,24)(H,23,25)/b8-7+. The van der Waals surface area contributed by atoms with Crippen molar-refractivity contribution in [3.8, 4) is 11.5 Å². The quantitative estimate of drug-likeness (QED) is 0.524. The minimum Gasteiger partial charge on any atom is -0.497 e. The number of hydrogen-bond donors (Lipinski definition) is 2. The molecular formula is C21H22N2O6. The SMILES string of the molecule is COc1cc(/C=C/C(=O)OCC(=O)Nc2cccc(NC(C)=O)c2)cc(OC)c1. The molecule has 2 aromatic rings. The molecule has 2 N–H and O–H groups in total. The van der Waals surface area contributed by atoms with Gasteiger partial charge in [0.05, 0.1) is 14.2 Å². The van der Waals surface area contributed by atoms with Crippen molar-refractivity contribution in [2.75, 3.05) is 31.5 Å². The van der Waals surface area contributed by atoms with Gasteiger partial charge in [-0.3, -0.25) is 9.59 Å². The van der Waals surface area contributed by atoms with E-state index < -0.39 is 18.5 Å². The molecule has 152 valence electrons.